The Hall–Kier alpha value is -1.90. The fraction of sp³-hybridized carbons (Fsp3) is 0.579. The lowest BCUT2D eigenvalue weighted by Crippen LogP contribution is -2.41. The molecule has 0 atom stereocenters. The molecule has 0 spiro atoms. The fourth-order valence-corrected chi connectivity index (χ4v) is 3.18. The lowest BCUT2D eigenvalue weighted by Gasteiger charge is -2.33. The quantitative estimate of drug-likeness (QED) is 0.834. The molecule has 1 aromatic rings. The SMILES string of the molecule is COCCN(Cc1ccc(C#N)cc1)C(=O)CC1(O)CCCCC1. The van der Waals surface area contributed by atoms with Gasteiger partial charge in [0.1, 0.15) is 0 Å². The summed E-state index contributed by atoms with van der Waals surface area (Å²) in [6.07, 6.45) is 4.68. The molecule has 1 N–H and O–H groups in total. The van der Waals surface area contributed by atoms with Crippen molar-refractivity contribution in [3.05, 3.63) is 35.4 Å². The molecule has 130 valence electrons. The molecule has 0 bridgehead atoms. The highest BCUT2D eigenvalue weighted by molar-refractivity contribution is 5.77. The van der Waals surface area contributed by atoms with Crippen molar-refractivity contribution in [3.8, 4) is 6.07 Å². The number of amides is 1. The van der Waals surface area contributed by atoms with Crippen molar-refractivity contribution < 1.29 is 14.6 Å². The number of hydrogen-bond donors (Lipinski definition) is 1. The Balaban J connectivity index is 2.02. The maximum atomic E-state index is 12.7. The summed E-state index contributed by atoms with van der Waals surface area (Å²) in [6.45, 7) is 1.41. The smallest absolute Gasteiger partial charge is 0.225 e. The molecule has 1 amide bonds. The number of methoxy groups -OCH3 is 1. The maximum Gasteiger partial charge on any atom is 0.225 e. The van der Waals surface area contributed by atoms with Gasteiger partial charge in [0.15, 0.2) is 0 Å². The Kier molecular flexibility index (Phi) is 6.77. The number of ether oxygens (including phenoxy) is 1. The van der Waals surface area contributed by atoms with Crippen LogP contribution in [0.2, 0.25) is 0 Å². The first-order chi connectivity index (χ1) is 11.6. The number of aliphatic hydroxyl groups is 1. The third-order valence-electron chi connectivity index (χ3n) is 4.64. The van der Waals surface area contributed by atoms with Gasteiger partial charge in [-0.3, -0.25) is 4.79 Å². The second kappa shape index (κ2) is 8.81. The molecule has 0 unspecified atom stereocenters. The molecular weight excluding hydrogens is 304 g/mol. The van der Waals surface area contributed by atoms with Crippen molar-refractivity contribution in [2.45, 2.75) is 50.7 Å². The first-order valence-electron chi connectivity index (χ1n) is 8.54. The topological polar surface area (TPSA) is 73.6 Å². The minimum Gasteiger partial charge on any atom is -0.389 e. The summed E-state index contributed by atoms with van der Waals surface area (Å²) in [7, 11) is 1.61. The third kappa shape index (κ3) is 5.33. The standard InChI is InChI=1S/C19H26N2O3/c1-24-12-11-21(15-17-7-5-16(14-20)6-8-17)18(22)13-19(23)9-3-2-4-10-19/h5-8,23H,2-4,9-13,15H2,1H3. The summed E-state index contributed by atoms with van der Waals surface area (Å²) in [5, 5.41) is 19.5. The van der Waals surface area contributed by atoms with Gasteiger partial charge in [0.2, 0.25) is 5.91 Å². The van der Waals surface area contributed by atoms with Crippen LogP contribution in [0.5, 0.6) is 0 Å². The van der Waals surface area contributed by atoms with Gasteiger partial charge in [-0.2, -0.15) is 5.26 Å². The minimum atomic E-state index is -0.856. The van der Waals surface area contributed by atoms with Gasteiger partial charge in [0, 0.05) is 20.2 Å². The van der Waals surface area contributed by atoms with Crippen molar-refractivity contribution >= 4 is 5.91 Å². The van der Waals surface area contributed by atoms with Crippen molar-refractivity contribution in [1.82, 2.24) is 4.90 Å². The van der Waals surface area contributed by atoms with E-state index in [4.69, 9.17) is 10.00 Å². The van der Waals surface area contributed by atoms with Gasteiger partial charge in [0.25, 0.3) is 0 Å². The fourth-order valence-electron chi connectivity index (χ4n) is 3.18. The van der Waals surface area contributed by atoms with Crippen LogP contribution < -0.4 is 0 Å². The van der Waals surface area contributed by atoms with Gasteiger partial charge in [-0.25, -0.2) is 0 Å². The zero-order chi connectivity index (χ0) is 17.4. The normalized spacial score (nSPS) is 16.4. The molecule has 1 fully saturated rings. The molecular formula is C19H26N2O3. The number of carbonyl (C=O) groups excluding carboxylic acids is 1. The Morgan fingerprint density at radius 2 is 1.96 bits per heavy atom. The van der Waals surface area contributed by atoms with Crippen LogP contribution in [0, 0.1) is 11.3 Å². The molecule has 1 saturated carbocycles. The highest BCUT2D eigenvalue weighted by Crippen LogP contribution is 2.31. The van der Waals surface area contributed by atoms with Gasteiger partial charge in [-0.15, -0.1) is 0 Å². The number of carbonyl (C=O) groups is 1. The summed E-state index contributed by atoms with van der Waals surface area (Å²) < 4.78 is 5.11. The summed E-state index contributed by atoms with van der Waals surface area (Å²) in [5.41, 5.74) is 0.713. The zero-order valence-electron chi connectivity index (χ0n) is 14.3. The van der Waals surface area contributed by atoms with Crippen LogP contribution in [-0.4, -0.2) is 41.8 Å². The molecule has 24 heavy (non-hydrogen) atoms. The van der Waals surface area contributed by atoms with E-state index in [1.807, 2.05) is 12.1 Å². The van der Waals surface area contributed by atoms with Crippen molar-refractivity contribution in [3.63, 3.8) is 0 Å². The van der Waals surface area contributed by atoms with Gasteiger partial charge in [-0.05, 0) is 30.5 Å². The van der Waals surface area contributed by atoms with Gasteiger partial charge in [-0.1, -0.05) is 31.4 Å². The average Bonchev–Trinajstić information content (AvgIpc) is 2.59. The van der Waals surface area contributed by atoms with E-state index < -0.39 is 5.60 Å². The molecule has 1 aliphatic carbocycles. The number of nitrogens with zero attached hydrogens (tertiary/aromatic N) is 2. The monoisotopic (exact) mass is 330 g/mol. The molecule has 0 aromatic heterocycles. The Morgan fingerprint density at radius 3 is 2.54 bits per heavy atom. The maximum absolute atomic E-state index is 12.7. The second-order valence-corrected chi connectivity index (χ2v) is 6.58. The number of nitriles is 1. The summed E-state index contributed by atoms with van der Waals surface area (Å²) in [5.74, 6) is -0.0409. The lowest BCUT2D eigenvalue weighted by atomic mass is 9.82. The van der Waals surface area contributed by atoms with E-state index >= 15 is 0 Å². The van der Waals surface area contributed by atoms with Crippen molar-refractivity contribution in [2.75, 3.05) is 20.3 Å². The van der Waals surface area contributed by atoms with Crippen molar-refractivity contribution in [2.24, 2.45) is 0 Å². The van der Waals surface area contributed by atoms with E-state index in [0.717, 1.165) is 24.8 Å². The molecule has 1 aliphatic rings. The predicted octanol–water partition coefficient (Wildman–Crippen LogP) is 2.62. The van der Waals surface area contributed by atoms with Crippen LogP contribution in [0.4, 0.5) is 0 Å². The third-order valence-corrected chi connectivity index (χ3v) is 4.64. The molecule has 0 aliphatic heterocycles. The van der Waals surface area contributed by atoms with Gasteiger partial charge in [0.05, 0.1) is 30.3 Å². The number of rotatable bonds is 7. The molecule has 0 radical (unpaired) electrons. The van der Waals surface area contributed by atoms with E-state index in [1.54, 1.807) is 24.1 Å². The largest absolute Gasteiger partial charge is 0.389 e. The average molecular weight is 330 g/mol. The van der Waals surface area contributed by atoms with E-state index in [0.29, 0.717) is 38.1 Å². The molecule has 5 heteroatoms. The molecule has 5 nitrogen and oxygen atoms in total. The van der Waals surface area contributed by atoms with Crippen LogP contribution in [0.15, 0.2) is 24.3 Å². The Morgan fingerprint density at radius 1 is 1.29 bits per heavy atom. The van der Waals surface area contributed by atoms with Gasteiger partial charge >= 0.3 is 0 Å². The predicted molar refractivity (Wildman–Crippen MR) is 91.1 cm³/mol. The van der Waals surface area contributed by atoms with E-state index in [1.165, 1.54) is 0 Å². The van der Waals surface area contributed by atoms with Crippen LogP contribution in [-0.2, 0) is 16.1 Å². The molecule has 0 heterocycles. The van der Waals surface area contributed by atoms with Crippen LogP contribution in [0.1, 0.15) is 49.7 Å². The highest BCUT2D eigenvalue weighted by Gasteiger charge is 2.33. The summed E-state index contributed by atoms with van der Waals surface area (Å²) in [6, 6.07) is 9.32. The van der Waals surface area contributed by atoms with Crippen molar-refractivity contribution in [1.29, 1.82) is 5.26 Å². The second-order valence-electron chi connectivity index (χ2n) is 6.58. The van der Waals surface area contributed by atoms with E-state index in [2.05, 4.69) is 6.07 Å². The zero-order valence-corrected chi connectivity index (χ0v) is 14.3. The lowest BCUT2D eigenvalue weighted by molar-refractivity contribution is -0.139. The summed E-state index contributed by atoms with van der Waals surface area (Å²) >= 11 is 0. The number of benzene rings is 1. The molecule has 1 aromatic carbocycles. The number of hydrogen-bond acceptors (Lipinski definition) is 4. The Labute approximate surface area is 143 Å². The van der Waals surface area contributed by atoms with Crippen LogP contribution >= 0.6 is 0 Å². The first-order valence-corrected chi connectivity index (χ1v) is 8.54. The van der Waals surface area contributed by atoms with Crippen LogP contribution in [0.3, 0.4) is 0 Å². The van der Waals surface area contributed by atoms with Crippen LogP contribution in [0.25, 0.3) is 0 Å². The highest BCUT2D eigenvalue weighted by atomic mass is 16.5. The van der Waals surface area contributed by atoms with E-state index in [9.17, 15) is 9.90 Å². The molecule has 2 rings (SSSR count). The first kappa shape index (κ1) is 18.4. The minimum absolute atomic E-state index is 0.0409. The van der Waals surface area contributed by atoms with E-state index in [-0.39, 0.29) is 12.3 Å². The Bertz CT molecular complexity index is 571. The summed E-state index contributed by atoms with van der Waals surface area (Å²) in [4.78, 5) is 14.4. The molecule has 0 saturated heterocycles. The van der Waals surface area contributed by atoms with Gasteiger partial charge < -0.3 is 14.7 Å².